The fourth-order valence-electron chi connectivity index (χ4n) is 2.41. The van der Waals surface area contributed by atoms with Crippen LogP contribution in [0.25, 0.3) is 5.69 Å². The molecule has 0 atom stereocenters. The van der Waals surface area contributed by atoms with Gasteiger partial charge >= 0.3 is 0 Å². The summed E-state index contributed by atoms with van der Waals surface area (Å²) < 4.78 is 1.71. The van der Waals surface area contributed by atoms with Crippen molar-refractivity contribution in [2.24, 2.45) is 4.99 Å². The van der Waals surface area contributed by atoms with Gasteiger partial charge in [-0.25, -0.2) is 9.67 Å². The maximum atomic E-state index is 9.22. The molecule has 0 amide bonds. The zero-order valence-electron chi connectivity index (χ0n) is 12.0. The van der Waals surface area contributed by atoms with Gasteiger partial charge in [-0.1, -0.05) is 17.7 Å². The van der Waals surface area contributed by atoms with E-state index in [4.69, 9.17) is 0 Å². The van der Waals surface area contributed by atoms with Crippen LogP contribution in [0.3, 0.4) is 0 Å². The molecular formula is C16H17N5. The van der Waals surface area contributed by atoms with Gasteiger partial charge in [0, 0.05) is 13.1 Å². The first-order chi connectivity index (χ1) is 10.3. The monoisotopic (exact) mass is 279 g/mol. The number of likely N-dealkylation sites (tertiary alicyclic amines) is 1. The summed E-state index contributed by atoms with van der Waals surface area (Å²) >= 11 is 0. The summed E-state index contributed by atoms with van der Waals surface area (Å²) in [5.74, 6) is 0.591. The first kappa shape index (κ1) is 13.4. The molecule has 1 aliphatic rings. The van der Waals surface area contributed by atoms with E-state index >= 15 is 0 Å². The van der Waals surface area contributed by atoms with E-state index in [2.05, 4.69) is 21.1 Å². The third kappa shape index (κ3) is 2.79. The Kier molecular flexibility index (Phi) is 3.69. The number of aliphatic imine (C=N–C) groups is 1. The van der Waals surface area contributed by atoms with Crippen molar-refractivity contribution >= 4 is 12.2 Å². The second kappa shape index (κ2) is 5.80. The first-order valence-electron chi connectivity index (χ1n) is 7.11. The highest BCUT2D eigenvalue weighted by molar-refractivity contribution is 5.64. The number of benzene rings is 1. The topological polar surface area (TPSA) is 57.2 Å². The molecule has 1 aliphatic heterocycles. The number of nitriles is 1. The number of nitrogens with zero attached hydrogens (tertiary/aromatic N) is 5. The summed E-state index contributed by atoms with van der Waals surface area (Å²) in [6.07, 6.45) is 5.80. The van der Waals surface area contributed by atoms with Crippen LogP contribution in [-0.4, -0.2) is 34.1 Å². The Bertz CT molecular complexity index is 684. The SMILES string of the molecule is Cc1ccc(-n2ncc(C#N)c2/N=C/N2CCCC2)cc1. The van der Waals surface area contributed by atoms with Gasteiger partial charge in [0.15, 0.2) is 5.82 Å². The summed E-state index contributed by atoms with van der Waals surface area (Å²) in [5.41, 5.74) is 2.59. The molecule has 3 rings (SSSR count). The van der Waals surface area contributed by atoms with E-state index in [1.54, 1.807) is 10.9 Å². The Morgan fingerprint density at radius 3 is 2.62 bits per heavy atom. The number of aromatic nitrogens is 2. The molecule has 0 spiro atoms. The standard InChI is InChI=1S/C16H17N5/c1-13-4-6-15(7-5-13)21-16(14(10-17)11-19-21)18-12-20-8-2-3-9-20/h4-7,11-12H,2-3,8-9H2,1H3/b18-12+. The predicted octanol–water partition coefficient (Wildman–Crippen LogP) is 2.81. The van der Waals surface area contributed by atoms with Crippen molar-refractivity contribution in [3.05, 3.63) is 41.6 Å². The number of rotatable bonds is 3. The smallest absolute Gasteiger partial charge is 0.175 e. The Hall–Kier alpha value is -2.61. The minimum absolute atomic E-state index is 0.492. The maximum absolute atomic E-state index is 9.22. The van der Waals surface area contributed by atoms with E-state index in [1.807, 2.05) is 37.5 Å². The van der Waals surface area contributed by atoms with Gasteiger partial charge in [0.25, 0.3) is 0 Å². The maximum Gasteiger partial charge on any atom is 0.175 e. The molecule has 5 heteroatoms. The van der Waals surface area contributed by atoms with Gasteiger partial charge in [0.2, 0.25) is 0 Å². The largest absolute Gasteiger partial charge is 0.363 e. The van der Waals surface area contributed by atoms with E-state index in [0.29, 0.717) is 11.4 Å². The molecule has 0 bridgehead atoms. The average Bonchev–Trinajstić information content (AvgIpc) is 3.15. The molecule has 2 heterocycles. The second-order valence-corrected chi connectivity index (χ2v) is 5.23. The fourth-order valence-corrected chi connectivity index (χ4v) is 2.41. The van der Waals surface area contributed by atoms with Crippen molar-refractivity contribution in [3.63, 3.8) is 0 Å². The Morgan fingerprint density at radius 2 is 1.95 bits per heavy atom. The highest BCUT2D eigenvalue weighted by Gasteiger charge is 2.12. The molecule has 2 aromatic rings. The summed E-state index contributed by atoms with van der Waals surface area (Å²) in [6, 6.07) is 10.2. The first-order valence-corrected chi connectivity index (χ1v) is 7.11. The number of hydrogen-bond acceptors (Lipinski definition) is 3. The summed E-state index contributed by atoms with van der Waals surface area (Å²) in [4.78, 5) is 6.67. The van der Waals surface area contributed by atoms with Gasteiger partial charge in [0.1, 0.15) is 11.6 Å². The Labute approximate surface area is 124 Å². The fraction of sp³-hybridized carbons (Fsp3) is 0.312. The summed E-state index contributed by atoms with van der Waals surface area (Å²) in [7, 11) is 0. The molecule has 5 nitrogen and oxygen atoms in total. The summed E-state index contributed by atoms with van der Waals surface area (Å²) in [5, 5.41) is 13.5. The van der Waals surface area contributed by atoms with Crippen molar-refractivity contribution in [1.29, 1.82) is 5.26 Å². The van der Waals surface area contributed by atoms with Crippen molar-refractivity contribution < 1.29 is 0 Å². The lowest BCUT2D eigenvalue weighted by molar-refractivity contribution is 0.535. The van der Waals surface area contributed by atoms with Crippen LogP contribution < -0.4 is 0 Å². The van der Waals surface area contributed by atoms with Gasteiger partial charge in [-0.2, -0.15) is 10.4 Å². The van der Waals surface area contributed by atoms with E-state index in [0.717, 1.165) is 18.8 Å². The lowest BCUT2D eigenvalue weighted by Gasteiger charge is -2.10. The predicted molar refractivity (Wildman–Crippen MR) is 82.0 cm³/mol. The molecule has 0 aliphatic carbocycles. The molecule has 21 heavy (non-hydrogen) atoms. The van der Waals surface area contributed by atoms with Gasteiger partial charge in [-0.05, 0) is 31.9 Å². The minimum Gasteiger partial charge on any atom is -0.363 e. The molecule has 106 valence electrons. The van der Waals surface area contributed by atoms with E-state index in [-0.39, 0.29) is 0 Å². The quantitative estimate of drug-likeness (QED) is 0.641. The summed E-state index contributed by atoms with van der Waals surface area (Å²) in [6.45, 7) is 4.11. The van der Waals surface area contributed by atoms with Crippen LogP contribution in [0, 0.1) is 18.3 Å². The zero-order valence-corrected chi connectivity index (χ0v) is 12.0. The molecule has 0 unspecified atom stereocenters. The number of aryl methyl sites for hydroxylation is 1. The van der Waals surface area contributed by atoms with Crippen LogP contribution in [0.5, 0.6) is 0 Å². The van der Waals surface area contributed by atoms with E-state index in [1.165, 1.54) is 18.4 Å². The van der Waals surface area contributed by atoms with Crippen LogP contribution in [-0.2, 0) is 0 Å². The highest BCUT2D eigenvalue weighted by atomic mass is 15.3. The highest BCUT2D eigenvalue weighted by Crippen LogP contribution is 2.23. The van der Waals surface area contributed by atoms with Crippen LogP contribution in [0.2, 0.25) is 0 Å². The van der Waals surface area contributed by atoms with Crippen molar-refractivity contribution in [2.75, 3.05) is 13.1 Å². The second-order valence-electron chi connectivity index (χ2n) is 5.23. The minimum atomic E-state index is 0.492. The molecule has 0 N–H and O–H groups in total. The zero-order chi connectivity index (χ0) is 14.7. The van der Waals surface area contributed by atoms with E-state index < -0.39 is 0 Å². The molecule has 0 saturated carbocycles. The molecule has 0 radical (unpaired) electrons. The Balaban J connectivity index is 1.96. The van der Waals surface area contributed by atoms with Gasteiger partial charge in [-0.3, -0.25) is 0 Å². The van der Waals surface area contributed by atoms with Crippen LogP contribution in [0.15, 0.2) is 35.5 Å². The van der Waals surface area contributed by atoms with Crippen LogP contribution in [0.4, 0.5) is 5.82 Å². The molecule has 1 aromatic carbocycles. The molecular weight excluding hydrogens is 262 g/mol. The third-order valence-corrected chi connectivity index (χ3v) is 3.63. The van der Waals surface area contributed by atoms with Crippen LogP contribution in [0.1, 0.15) is 24.0 Å². The normalized spacial score (nSPS) is 14.8. The molecule has 1 aromatic heterocycles. The van der Waals surface area contributed by atoms with Gasteiger partial charge < -0.3 is 4.90 Å². The third-order valence-electron chi connectivity index (χ3n) is 3.63. The van der Waals surface area contributed by atoms with E-state index in [9.17, 15) is 5.26 Å². The van der Waals surface area contributed by atoms with Gasteiger partial charge in [-0.15, -0.1) is 0 Å². The van der Waals surface area contributed by atoms with Crippen molar-refractivity contribution in [2.45, 2.75) is 19.8 Å². The molecule has 1 fully saturated rings. The average molecular weight is 279 g/mol. The lowest BCUT2D eigenvalue weighted by Crippen LogP contribution is -2.16. The lowest BCUT2D eigenvalue weighted by atomic mass is 10.2. The number of hydrogen-bond donors (Lipinski definition) is 0. The van der Waals surface area contributed by atoms with Gasteiger partial charge in [0.05, 0.1) is 18.2 Å². The molecule has 1 saturated heterocycles. The van der Waals surface area contributed by atoms with Crippen molar-refractivity contribution in [3.8, 4) is 11.8 Å². The van der Waals surface area contributed by atoms with Crippen molar-refractivity contribution in [1.82, 2.24) is 14.7 Å². The van der Waals surface area contributed by atoms with Crippen LogP contribution >= 0.6 is 0 Å². The Morgan fingerprint density at radius 1 is 1.24 bits per heavy atom.